The minimum atomic E-state index is -0.155. The van der Waals surface area contributed by atoms with Crippen molar-refractivity contribution < 1.29 is 9.18 Å². The fraction of sp³-hybridized carbons (Fsp3) is 0.500. The van der Waals surface area contributed by atoms with Gasteiger partial charge in [-0.1, -0.05) is 18.2 Å². The summed E-state index contributed by atoms with van der Waals surface area (Å²) in [5.74, 6) is 0.639. The third-order valence-electron chi connectivity index (χ3n) is 7.11. The highest BCUT2D eigenvalue weighted by molar-refractivity contribution is 5.76. The number of likely N-dealkylation sites (tertiary alicyclic amines) is 1. The van der Waals surface area contributed by atoms with Crippen LogP contribution in [0.15, 0.2) is 30.3 Å². The number of nitrogens with zero attached hydrogens (tertiary/aromatic N) is 4. The molecule has 3 aromatic rings. The number of nitrogens with one attached hydrogen (secondary N) is 1. The van der Waals surface area contributed by atoms with E-state index in [1.807, 2.05) is 23.6 Å². The molecule has 0 spiro atoms. The minimum Gasteiger partial charge on any atom is -0.356 e. The predicted molar refractivity (Wildman–Crippen MR) is 125 cm³/mol. The van der Waals surface area contributed by atoms with E-state index in [-0.39, 0.29) is 17.8 Å². The quantitative estimate of drug-likeness (QED) is 0.558. The van der Waals surface area contributed by atoms with E-state index < -0.39 is 0 Å². The third-order valence-corrected chi connectivity index (χ3v) is 7.11. The Morgan fingerprint density at radius 1 is 1.21 bits per heavy atom. The Morgan fingerprint density at radius 3 is 2.82 bits per heavy atom. The van der Waals surface area contributed by atoms with Crippen LogP contribution in [0.4, 0.5) is 4.39 Å². The van der Waals surface area contributed by atoms with Crippen LogP contribution in [0.2, 0.25) is 0 Å². The molecule has 1 atom stereocenters. The maximum Gasteiger partial charge on any atom is 0.220 e. The number of halogens is 1. The van der Waals surface area contributed by atoms with Crippen LogP contribution >= 0.6 is 0 Å². The number of hydrogen-bond acceptors (Lipinski definition) is 4. The lowest BCUT2D eigenvalue weighted by Crippen LogP contribution is -2.26. The number of carbonyl (C=O) groups is 1. The molecule has 1 aromatic carbocycles. The predicted octanol–water partition coefficient (Wildman–Crippen LogP) is 4.28. The number of amides is 1. The Kier molecular flexibility index (Phi) is 6.15. The van der Waals surface area contributed by atoms with Gasteiger partial charge >= 0.3 is 0 Å². The second-order valence-electron chi connectivity index (χ2n) is 9.57. The second-order valence-corrected chi connectivity index (χ2v) is 9.57. The van der Waals surface area contributed by atoms with Crippen molar-refractivity contribution in [3.8, 4) is 0 Å². The van der Waals surface area contributed by atoms with Crippen LogP contribution in [0.25, 0.3) is 5.65 Å². The van der Waals surface area contributed by atoms with Gasteiger partial charge in [0.25, 0.3) is 0 Å². The molecular formula is C26H32FN5O. The van der Waals surface area contributed by atoms with Crippen LogP contribution in [-0.4, -0.2) is 38.5 Å². The summed E-state index contributed by atoms with van der Waals surface area (Å²) in [5.41, 5.74) is 5.63. The van der Waals surface area contributed by atoms with Crippen molar-refractivity contribution in [3.63, 3.8) is 0 Å². The van der Waals surface area contributed by atoms with E-state index in [0.717, 1.165) is 59.8 Å². The van der Waals surface area contributed by atoms with Crippen LogP contribution in [0.5, 0.6) is 0 Å². The Bertz CT molecular complexity index is 1170. The Labute approximate surface area is 194 Å². The summed E-state index contributed by atoms with van der Waals surface area (Å²) < 4.78 is 16.1. The normalized spacial score (nSPS) is 18.8. The summed E-state index contributed by atoms with van der Waals surface area (Å²) in [6.07, 6.45) is 5.67. The molecular weight excluding hydrogens is 417 g/mol. The highest BCUT2D eigenvalue weighted by Crippen LogP contribution is 2.33. The van der Waals surface area contributed by atoms with Crippen molar-refractivity contribution in [2.75, 3.05) is 13.1 Å². The van der Waals surface area contributed by atoms with Gasteiger partial charge in [-0.2, -0.15) is 5.10 Å². The molecule has 0 radical (unpaired) electrons. The summed E-state index contributed by atoms with van der Waals surface area (Å²) >= 11 is 0. The molecule has 174 valence electrons. The zero-order valence-corrected chi connectivity index (χ0v) is 19.5. The van der Waals surface area contributed by atoms with Gasteiger partial charge in [0, 0.05) is 42.5 Å². The Balaban J connectivity index is 1.33. The van der Waals surface area contributed by atoms with E-state index in [4.69, 9.17) is 10.1 Å². The van der Waals surface area contributed by atoms with Gasteiger partial charge in [-0.05, 0) is 70.0 Å². The molecule has 2 aliphatic rings. The van der Waals surface area contributed by atoms with Crippen LogP contribution < -0.4 is 5.32 Å². The van der Waals surface area contributed by atoms with E-state index in [0.29, 0.717) is 25.3 Å². The molecule has 1 aliphatic heterocycles. The SMILES string of the molecule is Cc1nc2cc([C@@H]3CCCN3Cc3ccccc3F)nn2c(C)c1CCC(=O)NCC1CC1. The number of aryl methyl sites for hydroxylation is 2. The molecule has 1 aliphatic carbocycles. The second kappa shape index (κ2) is 9.21. The minimum absolute atomic E-state index is 0.108. The first-order chi connectivity index (χ1) is 16.0. The van der Waals surface area contributed by atoms with Gasteiger partial charge in [0.1, 0.15) is 5.82 Å². The van der Waals surface area contributed by atoms with E-state index in [2.05, 4.69) is 23.2 Å². The summed E-state index contributed by atoms with van der Waals surface area (Å²) in [6.45, 7) is 6.39. The summed E-state index contributed by atoms with van der Waals surface area (Å²) in [6, 6.07) is 9.22. The lowest BCUT2D eigenvalue weighted by atomic mass is 10.1. The van der Waals surface area contributed by atoms with Crippen LogP contribution in [-0.2, 0) is 17.8 Å². The fourth-order valence-corrected chi connectivity index (χ4v) is 4.97. The molecule has 5 rings (SSSR count). The highest BCUT2D eigenvalue weighted by Gasteiger charge is 2.29. The average molecular weight is 450 g/mol. The van der Waals surface area contributed by atoms with Gasteiger partial charge in [0.05, 0.1) is 11.7 Å². The number of fused-ring (bicyclic) bond motifs is 1. The van der Waals surface area contributed by atoms with E-state index in [1.54, 1.807) is 6.07 Å². The molecule has 1 amide bonds. The van der Waals surface area contributed by atoms with Crippen LogP contribution in [0.1, 0.15) is 66.4 Å². The molecule has 1 N–H and O–H groups in total. The first-order valence-corrected chi connectivity index (χ1v) is 12.1. The molecule has 3 heterocycles. The smallest absolute Gasteiger partial charge is 0.220 e. The van der Waals surface area contributed by atoms with Crippen molar-refractivity contribution in [1.29, 1.82) is 0 Å². The molecule has 0 bridgehead atoms. The lowest BCUT2D eigenvalue weighted by molar-refractivity contribution is -0.121. The van der Waals surface area contributed by atoms with Crippen LogP contribution in [0.3, 0.4) is 0 Å². The molecule has 6 nitrogen and oxygen atoms in total. The van der Waals surface area contributed by atoms with Crippen molar-refractivity contribution >= 4 is 11.6 Å². The van der Waals surface area contributed by atoms with Crippen molar-refractivity contribution in [2.45, 2.75) is 65.0 Å². The summed E-state index contributed by atoms with van der Waals surface area (Å²) in [7, 11) is 0. The number of rotatable bonds is 8. The van der Waals surface area contributed by atoms with Gasteiger partial charge < -0.3 is 5.32 Å². The Morgan fingerprint density at radius 2 is 2.03 bits per heavy atom. The van der Waals surface area contributed by atoms with E-state index in [9.17, 15) is 9.18 Å². The third kappa shape index (κ3) is 4.78. The van der Waals surface area contributed by atoms with Gasteiger partial charge in [-0.3, -0.25) is 9.69 Å². The monoisotopic (exact) mass is 449 g/mol. The molecule has 0 unspecified atom stereocenters. The Hall–Kier alpha value is -2.80. The zero-order valence-electron chi connectivity index (χ0n) is 19.5. The molecule has 33 heavy (non-hydrogen) atoms. The fourth-order valence-electron chi connectivity index (χ4n) is 4.97. The first-order valence-electron chi connectivity index (χ1n) is 12.1. The van der Waals surface area contributed by atoms with Crippen molar-refractivity contribution in [1.82, 2.24) is 24.8 Å². The standard InChI is InChI=1S/C26H32FN5O/c1-17-21(11-12-26(33)28-15-19-9-10-19)18(2)32-25(29-17)14-23(30-32)24-8-5-13-31(24)16-20-6-3-4-7-22(20)27/h3-4,6-7,14,19,24H,5,8-13,15-16H2,1-2H3,(H,28,33)/t24-/m0/s1. The molecule has 7 heteroatoms. The molecule has 1 saturated heterocycles. The van der Waals surface area contributed by atoms with Crippen molar-refractivity contribution in [2.24, 2.45) is 5.92 Å². The number of carbonyl (C=O) groups excluding carboxylic acids is 1. The van der Waals surface area contributed by atoms with Gasteiger partial charge in [-0.15, -0.1) is 0 Å². The number of hydrogen-bond donors (Lipinski definition) is 1. The van der Waals surface area contributed by atoms with E-state index >= 15 is 0 Å². The number of aromatic nitrogens is 3. The van der Waals surface area contributed by atoms with Gasteiger partial charge in [-0.25, -0.2) is 13.9 Å². The topological polar surface area (TPSA) is 62.5 Å². The zero-order chi connectivity index (χ0) is 22.9. The average Bonchev–Trinajstić information content (AvgIpc) is 3.35. The summed E-state index contributed by atoms with van der Waals surface area (Å²) in [4.78, 5) is 19.4. The van der Waals surface area contributed by atoms with Gasteiger partial charge in [0.15, 0.2) is 5.65 Å². The van der Waals surface area contributed by atoms with Crippen molar-refractivity contribution in [3.05, 3.63) is 64.4 Å². The molecule has 2 aromatic heterocycles. The number of benzene rings is 1. The van der Waals surface area contributed by atoms with Crippen LogP contribution in [0, 0.1) is 25.6 Å². The van der Waals surface area contributed by atoms with E-state index in [1.165, 1.54) is 18.9 Å². The molecule has 1 saturated carbocycles. The first kappa shape index (κ1) is 22.0. The van der Waals surface area contributed by atoms with Gasteiger partial charge in [0.2, 0.25) is 5.91 Å². The highest BCUT2D eigenvalue weighted by atomic mass is 19.1. The maximum absolute atomic E-state index is 14.2. The lowest BCUT2D eigenvalue weighted by Gasteiger charge is -2.23. The maximum atomic E-state index is 14.2. The summed E-state index contributed by atoms with van der Waals surface area (Å²) in [5, 5.41) is 7.97. The molecule has 2 fully saturated rings. The largest absolute Gasteiger partial charge is 0.356 e.